The third-order valence-electron chi connectivity index (χ3n) is 1.94. The summed E-state index contributed by atoms with van der Waals surface area (Å²) < 4.78 is 0. The summed E-state index contributed by atoms with van der Waals surface area (Å²) in [6.45, 7) is 0.398. The molecule has 1 aromatic rings. The minimum atomic E-state index is -0.278. The van der Waals surface area contributed by atoms with Gasteiger partial charge in [-0.05, 0) is 11.2 Å². The first-order chi connectivity index (χ1) is 8.59. The molecule has 1 amide bonds. The third-order valence-corrected chi connectivity index (χ3v) is 1.94. The molecule has 0 unspecified atom stereocenters. The second kappa shape index (κ2) is 8.81. The molecule has 106 valence electrons. The highest BCUT2D eigenvalue weighted by molar-refractivity contribution is 5.85. The maximum absolute atomic E-state index is 11.5. The number of aromatic amines is 1. The molecule has 6 N–H and O–H groups in total. The smallest absolute Gasteiger partial charge is 0.251 e. The lowest BCUT2D eigenvalue weighted by Crippen LogP contribution is -2.30. The quantitative estimate of drug-likeness (QED) is 0.222. The highest BCUT2D eigenvalue weighted by Crippen LogP contribution is 1.90. The molecule has 0 bridgehead atoms. The number of hydrogen-bond donors (Lipinski definition) is 4. The van der Waals surface area contributed by atoms with Gasteiger partial charge in [-0.1, -0.05) is 6.07 Å². The van der Waals surface area contributed by atoms with Crippen molar-refractivity contribution in [1.82, 2.24) is 10.3 Å². The fourth-order valence-electron chi connectivity index (χ4n) is 1.19. The van der Waals surface area contributed by atoms with Crippen LogP contribution in [0, 0.1) is 0 Å². The zero-order chi connectivity index (χ0) is 13.4. The Hall–Kier alpha value is -2.22. The van der Waals surface area contributed by atoms with Gasteiger partial charge in [-0.2, -0.15) is 0 Å². The van der Waals surface area contributed by atoms with Crippen LogP contribution in [0.2, 0.25) is 0 Å². The van der Waals surface area contributed by atoms with Gasteiger partial charge in [0.05, 0.1) is 13.0 Å². The molecule has 1 aromatic heterocycles. The van der Waals surface area contributed by atoms with Crippen LogP contribution in [0.3, 0.4) is 0 Å². The van der Waals surface area contributed by atoms with E-state index in [1.165, 1.54) is 6.20 Å². The first kappa shape index (κ1) is 16.8. The Kier molecular flexibility index (Phi) is 7.78. The third kappa shape index (κ3) is 6.94. The standard InChI is InChI=1S/C10H15N5O3.ClH/c11-10(12)15-18-5-4-13-8(16)6-7-2-1-3-14-9(7)17;/h1-3H,4-6H2,(H,13,16)(H,14,17)(H4,11,12,15);1H. The zero-order valence-corrected chi connectivity index (χ0v) is 10.9. The largest absolute Gasteiger partial charge is 0.391 e. The molecule has 0 saturated heterocycles. The van der Waals surface area contributed by atoms with E-state index in [1.807, 2.05) is 0 Å². The Labute approximate surface area is 115 Å². The Morgan fingerprint density at radius 3 is 2.84 bits per heavy atom. The highest BCUT2D eigenvalue weighted by Gasteiger charge is 2.05. The zero-order valence-electron chi connectivity index (χ0n) is 10.1. The van der Waals surface area contributed by atoms with Crippen molar-refractivity contribution in [3.05, 3.63) is 34.2 Å². The summed E-state index contributed by atoms with van der Waals surface area (Å²) in [7, 11) is 0. The van der Waals surface area contributed by atoms with Crippen molar-refractivity contribution >= 4 is 24.3 Å². The topological polar surface area (TPSA) is 136 Å². The molecule has 0 radical (unpaired) electrons. The van der Waals surface area contributed by atoms with Crippen LogP contribution in [-0.2, 0) is 16.1 Å². The van der Waals surface area contributed by atoms with Crippen molar-refractivity contribution in [3.63, 3.8) is 0 Å². The van der Waals surface area contributed by atoms with E-state index in [4.69, 9.17) is 11.5 Å². The first-order valence-corrected chi connectivity index (χ1v) is 5.24. The van der Waals surface area contributed by atoms with Crippen molar-refractivity contribution in [1.29, 1.82) is 0 Å². The summed E-state index contributed by atoms with van der Waals surface area (Å²) in [6, 6.07) is 3.25. The van der Waals surface area contributed by atoms with Gasteiger partial charge in [0.25, 0.3) is 5.56 Å². The lowest BCUT2D eigenvalue weighted by molar-refractivity contribution is -0.120. The van der Waals surface area contributed by atoms with Crippen molar-refractivity contribution < 1.29 is 9.63 Å². The normalized spacial score (nSPS) is 9.05. The number of halogens is 1. The van der Waals surface area contributed by atoms with Crippen LogP contribution in [0.5, 0.6) is 0 Å². The van der Waals surface area contributed by atoms with E-state index < -0.39 is 0 Å². The molecular weight excluding hydrogens is 274 g/mol. The molecule has 0 fully saturated rings. The number of rotatable bonds is 6. The van der Waals surface area contributed by atoms with Crippen LogP contribution in [0.15, 0.2) is 28.3 Å². The van der Waals surface area contributed by atoms with Gasteiger partial charge in [-0.15, -0.1) is 12.4 Å². The molecule has 0 aromatic carbocycles. The van der Waals surface area contributed by atoms with Gasteiger partial charge in [-0.25, -0.2) is 0 Å². The Morgan fingerprint density at radius 2 is 2.21 bits per heavy atom. The van der Waals surface area contributed by atoms with E-state index in [0.717, 1.165) is 0 Å². The van der Waals surface area contributed by atoms with Crippen LogP contribution < -0.4 is 22.3 Å². The maximum atomic E-state index is 11.5. The van der Waals surface area contributed by atoms with Gasteiger partial charge in [0.1, 0.15) is 6.61 Å². The number of carbonyl (C=O) groups excluding carboxylic acids is 1. The second-order valence-electron chi connectivity index (χ2n) is 3.40. The number of oxime groups is 1. The summed E-state index contributed by atoms with van der Waals surface area (Å²) in [5, 5.41) is 5.85. The number of amides is 1. The van der Waals surface area contributed by atoms with Gasteiger partial charge < -0.3 is 26.6 Å². The predicted molar refractivity (Wildman–Crippen MR) is 72.8 cm³/mol. The van der Waals surface area contributed by atoms with Gasteiger partial charge in [0.15, 0.2) is 0 Å². The molecule has 8 nitrogen and oxygen atoms in total. The fourth-order valence-corrected chi connectivity index (χ4v) is 1.19. The number of nitrogens with zero attached hydrogens (tertiary/aromatic N) is 1. The SMILES string of the molecule is Cl.NC(N)=NOCCNC(=O)Cc1ccc[nH]c1=O. The molecule has 0 aliphatic carbocycles. The summed E-state index contributed by atoms with van der Waals surface area (Å²) in [4.78, 5) is 29.9. The van der Waals surface area contributed by atoms with E-state index in [1.54, 1.807) is 12.1 Å². The predicted octanol–water partition coefficient (Wildman–Crippen LogP) is -1.34. The van der Waals surface area contributed by atoms with E-state index in [2.05, 4.69) is 20.3 Å². The molecular formula is C10H16ClN5O3. The number of nitrogens with one attached hydrogen (secondary N) is 2. The number of aromatic nitrogens is 1. The molecule has 9 heteroatoms. The molecule has 0 aliphatic rings. The monoisotopic (exact) mass is 289 g/mol. The lowest BCUT2D eigenvalue weighted by atomic mass is 10.2. The van der Waals surface area contributed by atoms with Gasteiger partial charge in [-0.3, -0.25) is 9.59 Å². The molecule has 1 heterocycles. The summed E-state index contributed by atoms with van der Waals surface area (Å²) in [5.74, 6) is -0.461. The Bertz CT molecular complexity index is 484. The molecule has 0 atom stereocenters. The summed E-state index contributed by atoms with van der Waals surface area (Å²) in [5.41, 5.74) is 10.2. The number of H-pyrrole nitrogens is 1. The average molecular weight is 290 g/mol. The van der Waals surface area contributed by atoms with Crippen LogP contribution in [0.25, 0.3) is 0 Å². The van der Waals surface area contributed by atoms with Crippen molar-refractivity contribution in [3.8, 4) is 0 Å². The van der Waals surface area contributed by atoms with Crippen LogP contribution in [0.1, 0.15) is 5.56 Å². The van der Waals surface area contributed by atoms with Gasteiger partial charge >= 0.3 is 0 Å². The number of pyridine rings is 1. The Balaban J connectivity index is 0.00000324. The number of nitrogens with two attached hydrogens (primary N) is 2. The van der Waals surface area contributed by atoms with E-state index in [-0.39, 0.29) is 49.4 Å². The number of guanidine groups is 1. The minimum Gasteiger partial charge on any atom is -0.391 e. The van der Waals surface area contributed by atoms with Crippen LogP contribution in [0.4, 0.5) is 0 Å². The van der Waals surface area contributed by atoms with Crippen LogP contribution in [-0.4, -0.2) is 30.0 Å². The van der Waals surface area contributed by atoms with Crippen molar-refractivity contribution in [2.24, 2.45) is 16.6 Å². The van der Waals surface area contributed by atoms with Crippen molar-refractivity contribution in [2.75, 3.05) is 13.2 Å². The summed E-state index contributed by atoms with van der Waals surface area (Å²) >= 11 is 0. The summed E-state index contributed by atoms with van der Waals surface area (Å²) in [6.07, 6.45) is 1.52. The Morgan fingerprint density at radius 1 is 1.47 bits per heavy atom. The minimum absolute atomic E-state index is 0. The van der Waals surface area contributed by atoms with Gasteiger partial charge in [0.2, 0.25) is 11.9 Å². The molecule has 1 rings (SSSR count). The van der Waals surface area contributed by atoms with Crippen LogP contribution >= 0.6 is 12.4 Å². The molecule has 0 saturated carbocycles. The molecule has 0 aliphatic heterocycles. The number of carbonyl (C=O) groups is 1. The first-order valence-electron chi connectivity index (χ1n) is 5.24. The average Bonchev–Trinajstić information content (AvgIpc) is 2.31. The van der Waals surface area contributed by atoms with Gasteiger partial charge in [0, 0.05) is 11.8 Å². The van der Waals surface area contributed by atoms with E-state index >= 15 is 0 Å². The second-order valence-corrected chi connectivity index (χ2v) is 3.40. The number of hydrogen-bond acceptors (Lipinski definition) is 4. The molecule has 0 spiro atoms. The molecule has 19 heavy (non-hydrogen) atoms. The lowest BCUT2D eigenvalue weighted by Gasteiger charge is -2.04. The fraction of sp³-hybridized carbons (Fsp3) is 0.300. The van der Waals surface area contributed by atoms with E-state index in [9.17, 15) is 9.59 Å². The van der Waals surface area contributed by atoms with Crippen molar-refractivity contribution in [2.45, 2.75) is 6.42 Å². The highest BCUT2D eigenvalue weighted by atomic mass is 35.5. The van der Waals surface area contributed by atoms with E-state index in [0.29, 0.717) is 5.56 Å². The maximum Gasteiger partial charge on any atom is 0.251 e.